The second-order valence-corrected chi connectivity index (χ2v) is 7.57. The molecule has 5 nitrogen and oxygen atoms in total. The zero-order valence-corrected chi connectivity index (χ0v) is 17.6. The molecule has 150 valence electrons. The predicted molar refractivity (Wildman–Crippen MR) is 115 cm³/mol. The summed E-state index contributed by atoms with van der Waals surface area (Å²) in [6.07, 6.45) is 3.21. The van der Waals surface area contributed by atoms with Gasteiger partial charge in [0.1, 0.15) is 11.8 Å². The van der Waals surface area contributed by atoms with Crippen LogP contribution in [0.3, 0.4) is 0 Å². The van der Waals surface area contributed by atoms with Crippen LogP contribution in [0, 0.1) is 0 Å². The summed E-state index contributed by atoms with van der Waals surface area (Å²) >= 11 is 7.71. The first-order valence-electron chi connectivity index (χ1n) is 9.00. The lowest BCUT2D eigenvalue weighted by molar-refractivity contribution is -0.122. The third kappa shape index (κ3) is 6.77. The van der Waals surface area contributed by atoms with E-state index in [0.717, 1.165) is 17.1 Å². The van der Waals surface area contributed by atoms with Gasteiger partial charge in [-0.3, -0.25) is 9.59 Å². The molecular formula is C21H25ClN2O3S. The lowest BCUT2D eigenvalue weighted by Gasteiger charge is -2.18. The first kappa shape index (κ1) is 22.1. The highest BCUT2D eigenvalue weighted by molar-refractivity contribution is 7.98. The predicted octanol–water partition coefficient (Wildman–Crippen LogP) is 3.56. The summed E-state index contributed by atoms with van der Waals surface area (Å²) in [5, 5.41) is 6.08. The zero-order chi connectivity index (χ0) is 20.4. The average molecular weight is 421 g/mol. The van der Waals surface area contributed by atoms with E-state index in [1.807, 2.05) is 30.5 Å². The van der Waals surface area contributed by atoms with E-state index in [1.54, 1.807) is 43.1 Å². The number of thioether (sulfide) groups is 1. The number of amides is 2. The van der Waals surface area contributed by atoms with E-state index >= 15 is 0 Å². The van der Waals surface area contributed by atoms with Gasteiger partial charge in [-0.1, -0.05) is 35.9 Å². The van der Waals surface area contributed by atoms with Crippen LogP contribution in [0.25, 0.3) is 0 Å². The third-order valence-corrected chi connectivity index (χ3v) is 5.20. The van der Waals surface area contributed by atoms with Crippen LogP contribution in [-0.2, 0) is 11.2 Å². The number of hydrogen-bond acceptors (Lipinski definition) is 4. The number of methoxy groups -OCH3 is 1. The molecule has 0 saturated carbocycles. The van der Waals surface area contributed by atoms with Crippen LogP contribution in [0.5, 0.6) is 5.75 Å². The number of halogens is 1. The van der Waals surface area contributed by atoms with Crippen molar-refractivity contribution in [1.29, 1.82) is 0 Å². The van der Waals surface area contributed by atoms with Crippen molar-refractivity contribution in [2.75, 3.05) is 25.7 Å². The summed E-state index contributed by atoms with van der Waals surface area (Å²) in [6, 6.07) is 13.9. The first-order chi connectivity index (χ1) is 13.5. The summed E-state index contributed by atoms with van der Waals surface area (Å²) in [7, 11) is 1.63. The summed E-state index contributed by atoms with van der Waals surface area (Å²) in [5.41, 5.74) is 1.46. The van der Waals surface area contributed by atoms with E-state index in [4.69, 9.17) is 16.3 Å². The minimum atomic E-state index is -0.605. The van der Waals surface area contributed by atoms with Crippen LogP contribution in [-0.4, -0.2) is 43.5 Å². The molecule has 1 atom stereocenters. The van der Waals surface area contributed by atoms with Crippen molar-refractivity contribution in [3.05, 3.63) is 64.7 Å². The second kappa shape index (κ2) is 11.6. The largest absolute Gasteiger partial charge is 0.497 e. The highest BCUT2D eigenvalue weighted by Crippen LogP contribution is 2.15. The van der Waals surface area contributed by atoms with Crippen molar-refractivity contribution in [2.24, 2.45) is 0 Å². The SMILES string of the molecule is COc1ccc(CCNC(=O)C(CCSC)NC(=O)c2ccccc2Cl)cc1. The van der Waals surface area contributed by atoms with Crippen molar-refractivity contribution in [2.45, 2.75) is 18.9 Å². The highest BCUT2D eigenvalue weighted by Gasteiger charge is 2.21. The van der Waals surface area contributed by atoms with Crippen molar-refractivity contribution in [1.82, 2.24) is 10.6 Å². The summed E-state index contributed by atoms with van der Waals surface area (Å²) in [5.74, 6) is 1.02. The molecule has 0 radical (unpaired) electrons. The van der Waals surface area contributed by atoms with Crippen LogP contribution < -0.4 is 15.4 Å². The fourth-order valence-corrected chi connectivity index (χ4v) is 3.32. The van der Waals surface area contributed by atoms with Crippen LogP contribution in [0.2, 0.25) is 5.02 Å². The normalized spacial score (nSPS) is 11.5. The standard InChI is InChI=1S/C21H25ClN2O3S/c1-27-16-9-7-15(8-10-16)11-13-23-21(26)19(12-14-28-2)24-20(25)17-5-3-4-6-18(17)22/h3-10,19H,11-14H2,1-2H3,(H,23,26)(H,24,25). The maximum atomic E-state index is 12.6. The maximum Gasteiger partial charge on any atom is 0.253 e. The van der Waals surface area contributed by atoms with Crippen LogP contribution in [0.15, 0.2) is 48.5 Å². The fraction of sp³-hybridized carbons (Fsp3) is 0.333. The Balaban J connectivity index is 1.92. The average Bonchev–Trinajstić information content (AvgIpc) is 2.71. The molecule has 0 heterocycles. The lowest BCUT2D eigenvalue weighted by Crippen LogP contribution is -2.47. The Morgan fingerprint density at radius 1 is 1.14 bits per heavy atom. The number of nitrogens with one attached hydrogen (secondary N) is 2. The van der Waals surface area contributed by atoms with E-state index in [-0.39, 0.29) is 11.8 Å². The topological polar surface area (TPSA) is 67.4 Å². The van der Waals surface area contributed by atoms with Gasteiger partial charge in [0.15, 0.2) is 0 Å². The Morgan fingerprint density at radius 2 is 1.86 bits per heavy atom. The molecule has 0 bridgehead atoms. The monoisotopic (exact) mass is 420 g/mol. The molecule has 0 spiro atoms. The summed E-state index contributed by atoms with van der Waals surface area (Å²) in [6.45, 7) is 0.489. The second-order valence-electron chi connectivity index (χ2n) is 6.18. The number of carbonyl (C=O) groups is 2. The quantitative estimate of drug-likeness (QED) is 0.616. The van der Waals surface area contributed by atoms with Gasteiger partial charge in [-0.05, 0) is 54.7 Å². The minimum Gasteiger partial charge on any atom is -0.497 e. The maximum absolute atomic E-state index is 12.6. The number of rotatable bonds is 10. The number of hydrogen-bond donors (Lipinski definition) is 2. The van der Waals surface area contributed by atoms with Crippen molar-refractivity contribution in [3.63, 3.8) is 0 Å². The van der Waals surface area contributed by atoms with Crippen LogP contribution >= 0.6 is 23.4 Å². The fourth-order valence-electron chi connectivity index (χ4n) is 2.63. The van der Waals surface area contributed by atoms with Crippen molar-refractivity contribution in [3.8, 4) is 5.75 Å². The van der Waals surface area contributed by atoms with Crippen molar-refractivity contribution >= 4 is 35.2 Å². The summed E-state index contributed by atoms with van der Waals surface area (Å²) < 4.78 is 5.14. The number of benzene rings is 2. The number of carbonyl (C=O) groups excluding carboxylic acids is 2. The van der Waals surface area contributed by atoms with Gasteiger partial charge in [-0.2, -0.15) is 11.8 Å². The molecule has 2 aromatic carbocycles. The highest BCUT2D eigenvalue weighted by atomic mass is 35.5. The van der Waals surface area contributed by atoms with E-state index in [2.05, 4.69) is 10.6 Å². The Hall–Kier alpha value is -2.18. The van der Waals surface area contributed by atoms with E-state index in [1.165, 1.54) is 0 Å². The minimum absolute atomic E-state index is 0.192. The summed E-state index contributed by atoms with van der Waals surface area (Å²) in [4.78, 5) is 25.1. The molecule has 2 aromatic rings. The van der Waals surface area contributed by atoms with Gasteiger partial charge in [0.25, 0.3) is 5.91 Å². The van der Waals surface area contributed by atoms with E-state index < -0.39 is 6.04 Å². The lowest BCUT2D eigenvalue weighted by atomic mass is 10.1. The first-order valence-corrected chi connectivity index (χ1v) is 10.8. The molecule has 0 aliphatic carbocycles. The molecule has 1 unspecified atom stereocenters. The Kier molecular flexibility index (Phi) is 9.17. The Bertz CT molecular complexity index is 783. The molecule has 0 aliphatic rings. The van der Waals surface area contributed by atoms with Gasteiger partial charge in [0.2, 0.25) is 5.91 Å². The molecule has 2 amide bonds. The molecule has 0 aliphatic heterocycles. The Labute approximate surface area is 175 Å². The van der Waals surface area contributed by atoms with Gasteiger partial charge in [0, 0.05) is 6.54 Å². The van der Waals surface area contributed by atoms with E-state index in [0.29, 0.717) is 30.0 Å². The van der Waals surface area contributed by atoms with Gasteiger partial charge < -0.3 is 15.4 Å². The molecule has 2 N–H and O–H groups in total. The van der Waals surface area contributed by atoms with Gasteiger partial charge in [-0.25, -0.2) is 0 Å². The molecule has 0 fully saturated rings. The van der Waals surface area contributed by atoms with Gasteiger partial charge in [0.05, 0.1) is 17.7 Å². The molecule has 0 saturated heterocycles. The van der Waals surface area contributed by atoms with Crippen LogP contribution in [0.1, 0.15) is 22.3 Å². The number of ether oxygens (including phenoxy) is 1. The molecule has 28 heavy (non-hydrogen) atoms. The van der Waals surface area contributed by atoms with Crippen LogP contribution in [0.4, 0.5) is 0 Å². The zero-order valence-electron chi connectivity index (χ0n) is 16.0. The van der Waals surface area contributed by atoms with Gasteiger partial charge >= 0.3 is 0 Å². The molecule has 2 rings (SSSR count). The van der Waals surface area contributed by atoms with Gasteiger partial charge in [-0.15, -0.1) is 0 Å². The molecule has 7 heteroatoms. The smallest absolute Gasteiger partial charge is 0.253 e. The Morgan fingerprint density at radius 3 is 2.50 bits per heavy atom. The molecule has 0 aromatic heterocycles. The molecular weight excluding hydrogens is 396 g/mol. The van der Waals surface area contributed by atoms with Crippen molar-refractivity contribution < 1.29 is 14.3 Å². The third-order valence-electron chi connectivity index (χ3n) is 4.22. The van der Waals surface area contributed by atoms with E-state index in [9.17, 15) is 9.59 Å².